The van der Waals surface area contributed by atoms with Crippen LogP contribution in [0.5, 0.6) is 0 Å². The van der Waals surface area contributed by atoms with E-state index in [-0.39, 0.29) is 5.91 Å². The Morgan fingerprint density at radius 1 is 1.32 bits per heavy atom. The summed E-state index contributed by atoms with van der Waals surface area (Å²) < 4.78 is 4.60. The summed E-state index contributed by atoms with van der Waals surface area (Å²) in [5, 5.41) is 4.11. The second-order valence-electron chi connectivity index (χ2n) is 6.27. The van der Waals surface area contributed by atoms with Crippen molar-refractivity contribution in [3.63, 3.8) is 0 Å². The van der Waals surface area contributed by atoms with Crippen LogP contribution in [0.1, 0.15) is 19.5 Å². The summed E-state index contributed by atoms with van der Waals surface area (Å²) in [6.07, 6.45) is 0. The molecule has 0 unspecified atom stereocenters. The molecule has 0 saturated carbocycles. The molecule has 2 aliphatic heterocycles. The number of carbonyl (C=O) groups is 1. The summed E-state index contributed by atoms with van der Waals surface area (Å²) in [5.74, 6) is 0.806. The molecule has 3 rings (SSSR count). The van der Waals surface area contributed by atoms with Gasteiger partial charge < -0.3 is 4.90 Å². The van der Waals surface area contributed by atoms with Crippen molar-refractivity contribution < 1.29 is 4.79 Å². The van der Waals surface area contributed by atoms with Crippen LogP contribution in [0, 0.1) is 5.92 Å². The Labute approximate surface area is 140 Å². The van der Waals surface area contributed by atoms with Gasteiger partial charge in [0.1, 0.15) is 10.0 Å². The molecule has 22 heavy (non-hydrogen) atoms. The molecule has 1 amide bonds. The standard InChI is InChI=1S/C14H22ClN5OS/c1-10-7-18(8-12-14(15)22-17-16-12)9-13(10)20-5-3-19(4-6-20)11(2)21/h10,13H,3-9H2,1-2H3/t10-,13+/m1/s1. The quantitative estimate of drug-likeness (QED) is 0.824. The van der Waals surface area contributed by atoms with Gasteiger partial charge in [-0.05, 0) is 5.92 Å². The third-order valence-corrected chi connectivity index (χ3v) is 5.74. The molecule has 0 spiro atoms. The maximum Gasteiger partial charge on any atom is 0.219 e. The van der Waals surface area contributed by atoms with Crippen LogP contribution in [-0.2, 0) is 11.3 Å². The van der Waals surface area contributed by atoms with Crippen LogP contribution >= 0.6 is 23.1 Å². The smallest absolute Gasteiger partial charge is 0.219 e. The van der Waals surface area contributed by atoms with Gasteiger partial charge in [0.05, 0.1) is 0 Å². The SMILES string of the molecule is CC(=O)N1CCN([C@H]2CN(Cc3nnsc3Cl)C[C@H]2C)CC1. The van der Waals surface area contributed by atoms with Crippen molar-refractivity contribution in [3.8, 4) is 0 Å². The summed E-state index contributed by atoms with van der Waals surface area (Å²) in [7, 11) is 0. The lowest BCUT2D eigenvalue weighted by Gasteiger charge is -2.39. The first kappa shape index (κ1) is 16.1. The highest BCUT2D eigenvalue weighted by atomic mass is 35.5. The normalized spacial score (nSPS) is 27.5. The van der Waals surface area contributed by atoms with Gasteiger partial charge in [-0.3, -0.25) is 14.6 Å². The largest absolute Gasteiger partial charge is 0.340 e. The molecule has 2 atom stereocenters. The Kier molecular flexibility index (Phi) is 4.97. The molecule has 2 aliphatic rings. The fourth-order valence-corrected chi connectivity index (χ4v) is 4.14. The summed E-state index contributed by atoms with van der Waals surface area (Å²) in [6.45, 7) is 10.5. The Hall–Kier alpha value is -0.760. The van der Waals surface area contributed by atoms with Gasteiger partial charge in [-0.25, -0.2) is 0 Å². The van der Waals surface area contributed by atoms with Crippen molar-refractivity contribution in [1.82, 2.24) is 24.3 Å². The van der Waals surface area contributed by atoms with Crippen LogP contribution in [0.3, 0.4) is 0 Å². The van der Waals surface area contributed by atoms with E-state index >= 15 is 0 Å². The third kappa shape index (κ3) is 3.42. The van der Waals surface area contributed by atoms with Gasteiger partial charge in [0.25, 0.3) is 0 Å². The number of piperazine rings is 1. The molecule has 2 fully saturated rings. The van der Waals surface area contributed by atoms with Crippen molar-refractivity contribution >= 4 is 29.0 Å². The van der Waals surface area contributed by atoms with E-state index in [1.165, 1.54) is 11.5 Å². The second kappa shape index (κ2) is 6.78. The van der Waals surface area contributed by atoms with E-state index in [9.17, 15) is 4.79 Å². The van der Waals surface area contributed by atoms with E-state index in [4.69, 9.17) is 11.6 Å². The van der Waals surface area contributed by atoms with Gasteiger partial charge in [0, 0.05) is 70.3 Å². The number of rotatable bonds is 3. The Balaban J connectivity index is 1.55. The lowest BCUT2D eigenvalue weighted by Crippen LogP contribution is -2.53. The molecule has 0 N–H and O–H groups in total. The van der Waals surface area contributed by atoms with Gasteiger partial charge in [0.15, 0.2) is 0 Å². The Morgan fingerprint density at radius 2 is 2.05 bits per heavy atom. The first-order chi connectivity index (χ1) is 10.5. The van der Waals surface area contributed by atoms with Gasteiger partial charge in [-0.2, -0.15) is 0 Å². The van der Waals surface area contributed by atoms with E-state index in [1.807, 2.05) is 4.90 Å². The zero-order valence-corrected chi connectivity index (χ0v) is 14.6. The van der Waals surface area contributed by atoms with E-state index in [2.05, 4.69) is 26.3 Å². The average Bonchev–Trinajstić information content (AvgIpc) is 3.06. The van der Waals surface area contributed by atoms with Crippen molar-refractivity contribution in [1.29, 1.82) is 0 Å². The number of halogens is 1. The molecule has 2 saturated heterocycles. The van der Waals surface area contributed by atoms with Crippen molar-refractivity contribution in [2.45, 2.75) is 26.4 Å². The highest BCUT2D eigenvalue weighted by Crippen LogP contribution is 2.26. The molecule has 6 nitrogen and oxygen atoms in total. The van der Waals surface area contributed by atoms with E-state index in [1.54, 1.807) is 6.92 Å². The predicted molar refractivity (Wildman–Crippen MR) is 87.0 cm³/mol. The highest BCUT2D eigenvalue weighted by Gasteiger charge is 2.35. The Bertz CT molecular complexity index is 531. The van der Waals surface area contributed by atoms with Crippen LogP contribution in [0.4, 0.5) is 0 Å². The minimum atomic E-state index is 0.187. The van der Waals surface area contributed by atoms with Crippen LogP contribution in [-0.4, -0.2) is 75.5 Å². The zero-order valence-electron chi connectivity index (χ0n) is 13.0. The van der Waals surface area contributed by atoms with Crippen LogP contribution in [0.2, 0.25) is 4.34 Å². The number of amides is 1. The molecule has 0 aromatic carbocycles. The average molecular weight is 344 g/mol. The number of carbonyl (C=O) groups excluding carboxylic acids is 1. The molecule has 8 heteroatoms. The molecule has 1 aromatic rings. The van der Waals surface area contributed by atoms with Crippen molar-refractivity contribution in [2.75, 3.05) is 39.3 Å². The first-order valence-electron chi connectivity index (χ1n) is 7.73. The maximum atomic E-state index is 11.4. The number of likely N-dealkylation sites (tertiary alicyclic amines) is 1. The molecule has 122 valence electrons. The minimum Gasteiger partial charge on any atom is -0.340 e. The van der Waals surface area contributed by atoms with E-state index < -0.39 is 0 Å². The summed E-state index contributed by atoms with van der Waals surface area (Å²) in [5.41, 5.74) is 0.890. The molecular formula is C14H22ClN5OS. The van der Waals surface area contributed by atoms with E-state index in [0.29, 0.717) is 16.3 Å². The van der Waals surface area contributed by atoms with Gasteiger partial charge in [-0.15, -0.1) is 5.10 Å². The first-order valence-corrected chi connectivity index (χ1v) is 8.88. The molecule has 3 heterocycles. The lowest BCUT2D eigenvalue weighted by molar-refractivity contribution is -0.130. The fourth-order valence-electron chi connectivity index (χ4n) is 3.52. The summed E-state index contributed by atoms with van der Waals surface area (Å²) in [6, 6.07) is 0.555. The van der Waals surface area contributed by atoms with Crippen LogP contribution in [0.25, 0.3) is 0 Å². The number of nitrogens with zero attached hydrogens (tertiary/aromatic N) is 5. The maximum absolute atomic E-state index is 11.4. The Morgan fingerprint density at radius 3 is 2.64 bits per heavy atom. The van der Waals surface area contributed by atoms with Crippen molar-refractivity contribution in [3.05, 3.63) is 10.0 Å². The van der Waals surface area contributed by atoms with E-state index in [0.717, 1.165) is 51.5 Å². The highest BCUT2D eigenvalue weighted by molar-refractivity contribution is 7.10. The van der Waals surface area contributed by atoms with Crippen molar-refractivity contribution in [2.24, 2.45) is 5.92 Å². The molecule has 0 bridgehead atoms. The van der Waals surface area contributed by atoms with Gasteiger partial charge in [-0.1, -0.05) is 23.0 Å². The van der Waals surface area contributed by atoms with Gasteiger partial charge >= 0.3 is 0 Å². The lowest BCUT2D eigenvalue weighted by atomic mass is 10.0. The second-order valence-corrected chi connectivity index (χ2v) is 7.63. The number of aromatic nitrogens is 2. The monoisotopic (exact) mass is 343 g/mol. The third-order valence-electron chi connectivity index (χ3n) is 4.76. The summed E-state index contributed by atoms with van der Waals surface area (Å²) in [4.78, 5) is 18.3. The number of hydrogen-bond acceptors (Lipinski definition) is 6. The summed E-state index contributed by atoms with van der Waals surface area (Å²) >= 11 is 7.35. The van der Waals surface area contributed by atoms with Gasteiger partial charge in [0.2, 0.25) is 5.91 Å². The molecule has 0 aliphatic carbocycles. The fraction of sp³-hybridized carbons (Fsp3) is 0.786. The zero-order chi connectivity index (χ0) is 15.7. The molecule has 0 radical (unpaired) electrons. The topological polar surface area (TPSA) is 52.6 Å². The van der Waals surface area contributed by atoms with Crippen LogP contribution in [0.15, 0.2) is 0 Å². The number of hydrogen-bond donors (Lipinski definition) is 0. The minimum absolute atomic E-state index is 0.187. The van der Waals surface area contributed by atoms with Crippen LogP contribution < -0.4 is 0 Å². The predicted octanol–water partition coefficient (Wildman–Crippen LogP) is 1.18. The molecule has 1 aromatic heterocycles. The molecular weight excluding hydrogens is 322 g/mol.